The van der Waals surface area contributed by atoms with Crippen LogP contribution in [0.2, 0.25) is 5.02 Å². The topological polar surface area (TPSA) is 44.7 Å². The Morgan fingerprint density at radius 3 is 2.61 bits per heavy atom. The van der Waals surface area contributed by atoms with Crippen LogP contribution in [0, 0.1) is 0 Å². The third kappa shape index (κ3) is 6.49. The molecule has 1 unspecified atom stereocenters. The highest BCUT2D eigenvalue weighted by molar-refractivity contribution is 8.03. The van der Waals surface area contributed by atoms with Gasteiger partial charge in [-0.1, -0.05) is 66.7 Å². The van der Waals surface area contributed by atoms with Crippen LogP contribution >= 0.6 is 23.4 Å². The van der Waals surface area contributed by atoms with Gasteiger partial charge in [-0.15, -0.1) is 11.8 Å². The Hall–Kier alpha value is -2.50. The molecule has 0 spiro atoms. The monoisotopic (exact) mass is 453 g/mol. The second kappa shape index (κ2) is 11.8. The molecular formula is C25H28ClN3OS. The maximum Gasteiger partial charge on any atom is 0.223 e. The molecule has 0 aliphatic carbocycles. The van der Waals surface area contributed by atoms with E-state index in [0.29, 0.717) is 11.4 Å². The number of carbonyl (C=O) groups is 1. The summed E-state index contributed by atoms with van der Waals surface area (Å²) in [6.07, 6.45) is 6.04. The number of likely N-dealkylation sites (tertiary alicyclic amines) is 1. The summed E-state index contributed by atoms with van der Waals surface area (Å²) in [6, 6.07) is 17.9. The zero-order valence-corrected chi connectivity index (χ0v) is 19.3. The minimum atomic E-state index is -0.153. The number of benzene rings is 2. The Kier molecular flexibility index (Phi) is 8.80. The van der Waals surface area contributed by atoms with Gasteiger partial charge in [-0.25, -0.2) is 0 Å². The van der Waals surface area contributed by atoms with Gasteiger partial charge in [0.15, 0.2) is 0 Å². The molecule has 1 aliphatic rings. The molecule has 2 aromatic carbocycles. The molecular weight excluding hydrogens is 426 g/mol. The molecule has 2 aromatic rings. The van der Waals surface area contributed by atoms with Crippen LogP contribution in [0.1, 0.15) is 30.9 Å². The third-order valence-corrected chi connectivity index (χ3v) is 6.67. The van der Waals surface area contributed by atoms with E-state index in [2.05, 4.69) is 54.4 Å². The van der Waals surface area contributed by atoms with Gasteiger partial charge < -0.3 is 4.90 Å². The van der Waals surface area contributed by atoms with Gasteiger partial charge in [-0.3, -0.25) is 10.2 Å². The van der Waals surface area contributed by atoms with E-state index in [0.717, 1.165) is 36.4 Å². The average molecular weight is 454 g/mol. The van der Waals surface area contributed by atoms with E-state index in [1.165, 1.54) is 10.5 Å². The Bertz CT molecular complexity index is 941. The summed E-state index contributed by atoms with van der Waals surface area (Å²) >= 11 is 7.88. The summed E-state index contributed by atoms with van der Waals surface area (Å²) < 4.78 is 0. The molecule has 0 aromatic heterocycles. The van der Waals surface area contributed by atoms with E-state index in [-0.39, 0.29) is 11.9 Å². The molecule has 1 saturated heterocycles. The Labute approximate surface area is 194 Å². The van der Waals surface area contributed by atoms with Crippen LogP contribution in [0.25, 0.3) is 0 Å². The molecule has 0 bridgehead atoms. The van der Waals surface area contributed by atoms with Crippen molar-refractivity contribution in [1.82, 2.24) is 10.3 Å². The van der Waals surface area contributed by atoms with E-state index in [9.17, 15) is 4.79 Å². The van der Waals surface area contributed by atoms with Crippen LogP contribution in [-0.2, 0) is 11.2 Å². The van der Waals surface area contributed by atoms with Crippen molar-refractivity contribution in [3.63, 3.8) is 0 Å². The first-order valence-corrected chi connectivity index (χ1v) is 11.8. The fourth-order valence-corrected chi connectivity index (χ4v) is 4.87. The van der Waals surface area contributed by atoms with E-state index in [1.54, 1.807) is 18.0 Å². The van der Waals surface area contributed by atoms with E-state index < -0.39 is 0 Å². The summed E-state index contributed by atoms with van der Waals surface area (Å²) in [7, 11) is 0. The molecule has 1 fully saturated rings. The number of rotatable bonds is 10. The smallest absolute Gasteiger partial charge is 0.223 e. The summed E-state index contributed by atoms with van der Waals surface area (Å²) in [5.41, 5.74) is 5.91. The van der Waals surface area contributed by atoms with Gasteiger partial charge >= 0.3 is 0 Å². The molecule has 3 rings (SSSR count). The molecule has 1 amide bonds. The summed E-state index contributed by atoms with van der Waals surface area (Å²) in [6.45, 7) is 6.52. The van der Waals surface area contributed by atoms with Gasteiger partial charge in [0.25, 0.3) is 0 Å². The lowest BCUT2D eigenvalue weighted by Gasteiger charge is -2.29. The van der Waals surface area contributed by atoms with Crippen molar-refractivity contribution < 1.29 is 4.79 Å². The number of amides is 1. The maximum atomic E-state index is 12.7. The number of hydrogen-bond donors (Lipinski definition) is 1. The van der Waals surface area contributed by atoms with Gasteiger partial charge in [-0.05, 0) is 35.9 Å². The SMILES string of the molecule is C=CN/N=C(/c1ccc(Cl)cc1)C(CS/C(=C\C)Cc1ccccc1)N1CCCC1=O. The number of allylic oxidation sites excluding steroid dienone is 2. The van der Waals surface area contributed by atoms with E-state index >= 15 is 0 Å². The highest BCUT2D eigenvalue weighted by Crippen LogP contribution is 2.27. The van der Waals surface area contributed by atoms with Crippen molar-refractivity contribution in [2.24, 2.45) is 5.10 Å². The lowest BCUT2D eigenvalue weighted by molar-refractivity contribution is -0.128. The summed E-state index contributed by atoms with van der Waals surface area (Å²) in [5.74, 6) is 0.898. The van der Waals surface area contributed by atoms with Crippen molar-refractivity contribution in [1.29, 1.82) is 0 Å². The highest BCUT2D eigenvalue weighted by atomic mass is 35.5. The number of thioether (sulfide) groups is 1. The fourth-order valence-electron chi connectivity index (χ4n) is 3.60. The summed E-state index contributed by atoms with van der Waals surface area (Å²) in [5, 5.41) is 5.26. The van der Waals surface area contributed by atoms with Gasteiger partial charge in [0.2, 0.25) is 5.91 Å². The summed E-state index contributed by atoms with van der Waals surface area (Å²) in [4.78, 5) is 15.9. The first kappa shape index (κ1) is 23.2. The van der Waals surface area contributed by atoms with Gasteiger partial charge in [0, 0.05) is 41.9 Å². The number of carbonyl (C=O) groups excluding carboxylic acids is 1. The van der Waals surface area contributed by atoms with Crippen molar-refractivity contribution >= 4 is 35.0 Å². The predicted molar refractivity (Wildman–Crippen MR) is 132 cm³/mol. The van der Waals surface area contributed by atoms with Gasteiger partial charge in [0.1, 0.15) is 0 Å². The molecule has 162 valence electrons. The number of hydrazone groups is 1. The highest BCUT2D eigenvalue weighted by Gasteiger charge is 2.32. The fraction of sp³-hybridized carbons (Fsp3) is 0.280. The van der Waals surface area contributed by atoms with Crippen LogP contribution in [0.15, 0.2) is 83.5 Å². The molecule has 31 heavy (non-hydrogen) atoms. The molecule has 1 atom stereocenters. The number of hydrogen-bond acceptors (Lipinski definition) is 4. The van der Waals surface area contributed by atoms with Crippen LogP contribution in [-0.4, -0.2) is 34.9 Å². The Morgan fingerprint density at radius 1 is 1.26 bits per heavy atom. The van der Waals surface area contributed by atoms with Crippen molar-refractivity contribution in [3.8, 4) is 0 Å². The second-order valence-electron chi connectivity index (χ2n) is 7.27. The van der Waals surface area contributed by atoms with Crippen molar-refractivity contribution in [2.45, 2.75) is 32.2 Å². The molecule has 4 nitrogen and oxygen atoms in total. The lowest BCUT2D eigenvalue weighted by Crippen LogP contribution is -2.44. The van der Waals surface area contributed by atoms with Gasteiger partial charge in [0.05, 0.1) is 11.8 Å². The standard InChI is InChI=1S/C25H28ClN3OS/c1-3-22(17-19-9-6-5-7-10-19)31-18-23(29-16-8-11-24(29)30)25(28-27-4-2)20-12-14-21(26)15-13-20/h3-7,9-10,12-15,23,27H,2,8,11,16-18H2,1H3/b22-3-,28-25-. The Morgan fingerprint density at radius 2 is 2.00 bits per heavy atom. The molecule has 0 radical (unpaired) electrons. The number of nitrogens with one attached hydrogen (secondary N) is 1. The zero-order valence-electron chi connectivity index (χ0n) is 17.8. The second-order valence-corrected chi connectivity index (χ2v) is 8.85. The first-order valence-electron chi connectivity index (χ1n) is 10.4. The zero-order chi connectivity index (χ0) is 22.1. The van der Waals surface area contributed by atoms with E-state index in [1.807, 2.05) is 35.2 Å². The average Bonchev–Trinajstić information content (AvgIpc) is 3.22. The molecule has 1 heterocycles. The maximum absolute atomic E-state index is 12.7. The molecule has 1 aliphatic heterocycles. The molecule has 0 saturated carbocycles. The van der Waals surface area contributed by atoms with Crippen LogP contribution < -0.4 is 5.43 Å². The predicted octanol–water partition coefficient (Wildman–Crippen LogP) is 5.65. The molecule has 6 heteroatoms. The molecule has 1 N–H and O–H groups in total. The minimum Gasteiger partial charge on any atom is -0.333 e. The first-order chi connectivity index (χ1) is 15.1. The normalized spacial score (nSPS) is 15.8. The Balaban J connectivity index is 1.86. The largest absolute Gasteiger partial charge is 0.333 e. The van der Waals surface area contributed by atoms with Gasteiger partial charge in [-0.2, -0.15) is 5.10 Å². The van der Waals surface area contributed by atoms with Crippen molar-refractivity contribution in [2.75, 3.05) is 12.3 Å². The lowest BCUT2D eigenvalue weighted by atomic mass is 10.0. The van der Waals surface area contributed by atoms with E-state index in [4.69, 9.17) is 11.6 Å². The van der Waals surface area contributed by atoms with Crippen LogP contribution in [0.4, 0.5) is 0 Å². The quantitative estimate of drug-likeness (QED) is 0.373. The number of halogens is 1. The minimum absolute atomic E-state index is 0.153. The van der Waals surface area contributed by atoms with Crippen LogP contribution in [0.3, 0.4) is 0 Å². The van der Waals surface area contributed by atoms with Crippen LogP contribution in [0.5, 0.6) is 0 Å². The van der Waals surface area contributed by atoms with Crippen molar-refractivity contribution in [3.05, 3.63) is 94.5 Å². The number of nitrogens with zero attached hydrogens (tertiary/aromatic N) is 2. The third-order valence-electron chi connectivity index (χ3n) is 5.19.